The molecule has 0 bridgehead atoms. The van der Waals surface area contributed by atoms with Gasteiger partial charge in [-0.3, -0.25) is 4.99 Å². The highest BCUT2D eigenvalue weighted by Crippen LogP contribution is 2.13. The molecule has 0 saturated carbocycles. The quantitative estimate of drug-likeness (QED) is 0.432. The number of hydrogen-bond donors (Lipinski definition) is 2. The zero-order valence-electron chi connectivity index (χ0n) is 14.0. The topological polar surface area (TPSA) is 64.1 Å². The zero-order valence-corrected chi connectivity index (χ0v) is 14.0. The third-order valence-corrected chi connectivity index (χ3v) is 3.66. The van der Waals surface area contributed by atoms with Crippen molar-refractivity contribution in [3.8, 4) is 5.75 Å². The lowest BCUT2D eigenvalue weighted by Crippen LogP contribution is -2.40. The first-order valence-electron chi connectivity index (χ1n) is 8.08. The summed E-state index contributed by atoms with van der Waals surface area (Å²) in [6, 6.07) is 8.02. The van der Waals surface area contributed by atoms with Crippen molar-refractivity contribution < 1.29 is 14.2 Å². The fourth-order valence-electron chi connectivity index (χ4n) is 2.41. The van der Waals surface area contributed by atoms with Crippen LogP contribution in [0.5, 0.6) is 5.75 Å². The van der Waals surface area contributed by atoms with Crippen LogP contribution in [0.2, 0.25) is 0 Å². The molecule has 1 aromatic carbocycles. The Kier molecular flexibility index (Phi) is 7.69. The number of guanidine groups is 1. The van der Waals surface area contributed by atoms with Gasteiger partial charge in [-0.1, -0.05) is 12.1 Å². The molecule has 0 spiro atoms. The van der Waals surface area contributed by atoms with Gasteiger partial charge in [0.25, 0.3) is 0 Å². The molecule has 128 valence electrons. The van der Waals surface area contributed by atoms with E-state index in [1.54, 1.807) is 14.2 Å². The monoisotopic (exact) mass is 321 g/mol. The van der Waals surface area contributed by atoms with E-state index < -0.39 is 0 Å². The van der Waals surface area contributed by atoms with E-state index in [1.807, 2.05) is 18.2 Å². The molecular weight excluding hydrogens is 294 g/mol. The number of methoxy groups -OCH3 is 1. The fraction of sp³-hybridized carbons (Fsp3) is 0.588. The first-order valence-corrected chi connectivity index (χ1v) is 8.08. The van der Waals surface area contributed by atoms with E-state index in [1.165, 1.54) is 0 Å². The molecule has 2 N–H and O–H groups in total. The van der Waals surface area contributed by atoms with Crippen LogP contribution in [0.4, 0.5) is 0 Å². The standard InChI is InChI=1S/C17H27N3O3/c1-18-17(20-13-16-7-4-8-22-16)19-12-14-5-3-6-15(11-14)23-10-9-21-2/h3,5-6,11,16H,4,7-10,12-13H2,1-2H3,(H2,18,19,20). The number of benzene rings is 1. The smallest absolute Gasteiger partial charge is 0.191 e. The van der Waals surface area contributed by atoms with Crippen molar-refractivity contribution in [2.75, 3.05) is 40.5 Å². The second-order valence-corrected chi connectivity index (χ2v) is 5.43. The highest BCUT2D eigenvalue weighted by Gasteiger charge is 2.15. The molecule has 1 aromatic rings. The highest BCUT2D eigenvalue weighted by atomic mass is 16.5. The Labute approximate surface area is 138 Å². The van der Waals surface area contributed by atoms with Crippen LogP contribution in [0.25, 0.3) is 0 Å². The highest BCUT2D eigenvalue weighted by molar-refractivity contribution is 5.79. The van der Waals surface area contributed by atoms with Crippen molar-refractivity contribution in [3.63, 3.8) is 0 Å². The minimum atomic E-state index is 0.297. The summed E-state index contributed by atoms with van der Waals surface area (Å²) in [5, 5.41) is 6.61. The van der Waals surface area contributed by atoms with E-state index in [-0.39, 0.29) is 0 Å². The molecule has 2 rings (SSSR count). The van der Waals surface area contributed by atoms with Crippen molar-refractivity contribution >= 4 is 5.96 Å². The van der Waals surface area contributed by atoms with Crippen molar-refractivity contribution in [3.05, 3.63) is 29.8 Å². The van der Waals surface area contributed by atoms with Crippen LogP contribution >= 0.6 is 0 Å². The number of hydrogen-bond acceptors (Lipinski definition) is 4. The summed E-state index contributed by atoms with van der Waals surface area (Å²) in [6.07, 6.45) is 2.56. The second-order valence-electron chi connectivity index (χ2n) is 5.43. The van der Waals surface area contributed by atoms with E-state index in [0.29, 0.717) is 25.9 Å². The SMILES string of the molecule is CN=C(NCc1cccc(OCCOC)c1)NCC1CCCO1. The van der Waals surface area contributed by atoms with Crippen LogP contribution in [0.3, 0.4) is 0 Å². The van der Waals surface area contributed by atoms with Crippen LogP contribution in [-0.2, 0) is 16.0 Å². The average Bonchev–Trinajstić information content (AvgIpc) is 3.09. The summed E-state index contributed by atoms with van der Waals surface area (Å²) in [7, 11) is 3.44. The summed E-state index contributed by atoms with van der Waals surface area (Å²) < 4.78 is 16.2. The van der Waals surface area contributed by atoms with Crippen molar-refractivity contribution in [1.29, 1.82) is 0 Å². The number of ether oxygens (including phenoxy) is 3. The molecule has 0 radical (unpaired) electrons. The van der Waals surface area contributed by atoms with Gasteiger partial charge in [0, 0.05) is 33.9 Å². The Balaban J connectivity index is 1.75. The van der Waals surface area contributed by atoms with Crippen molar-refractivity contribution in [1.82, 2.24) is 10.6 Å². The molecule has 6 heteroatoms. The van der Waals surface area contributed by atoms with E-state index in [0.717, 1.165) is 43.3 Å². The number of nitrogens with one attached hydrogen (secondary N) is 2. The molecule has 0 aromatic heterocycles. The zero-order chi connectivity index (χ0) is 16.3. The van der Waals surface area contributed by atoms with E-state index in [9.17, 15) is 0 Å². The Morgan fingerprint density at radius 2 is 2.26 bits per heavy atom. The molecule has 6 nitrogen and oxygen atoms in total. The van der Waals surface area contributed by atoms with Crippen molar-refractivity contribution in [2.24, 2.45) is 4.99 Å². The summed E-state index contributed by atoms with van der Waals surface area (Å²) in [4.78, 5) is 4.24. The summed E-state index contributed by atoms with van der Waals surface area (Å²) in [5.41, 5.74) is 1.14. The second kappa shape index (κ2) is 10.1. The van der Waals surface area contributed by atoms with Crippen molar-refractivity contribution in [2.45, 2.75) is 25.5 Å². The van der Waals surface area contributed by atoms with Crippen LogP contribution in [0.1, 0.15) is 18.4 Å². The minimum absolute atomic E-state index is 0.297. The number of rotatable bonds is 8. The molecule has 1 saturated heterocycles. The van der Waals surface area contributed by atoms with Gasteiger partial charge in [-0.15, -0.1) is 0 Å². The van der Waals surface area contributed by atoms with Crippen LogP contribution in [0, 0.1) is 0 Å². The molecule has 0 aliphatic carbocycles. The van der Waals surface area contributed by atoms with Gasteiger partial charge < -0.3 is 24.8 Å². The van der Waals surface area contributed by atoms with Gasteiger partial charge in [-0.25, -0.2) is 0 Å². The molecule has 1 atom stereocenters. The fourth-order valence-corrected chi connectivity index (χ4v) is 2.41. The lowest BCUT2D eigenvalue weighted by Gasteiger charge is -2.15. The lowest BCUT2D eigenvalue weighted by molar-refractivity contribution is 0.114. The van der Waals surface area contributed by atoms with Gasteiger partial charge in [-0.05, 0) is 30.5 Å². The summed E-state index contributed by atoms with van der Waals surface area (Å²) in [5.74, 6) is 1.63. The Morgan fingerprint density at radius 3 is 3.00 bits per heavy atom. The molecular formula is C17H27N3O3. The molecule has 1 heterocycles. The Hall–Kier alpha value is -1.79. The maximum atomic E-state index is 5.62. The number of nitrogens with zero attached hydrogens (tertiary/aromatic N) is 1. The molecule has 1 aliphatic heterocycles. The minimum Gasteiger partial charge on any atom is -0.491 e. The predicted octanol–water partition coefficient (Wildman–Crippen LogP) is 1.56. The lowest BCUT2D eigenvalue weighted by atomic mass is 10.2. The normalized spacial score (nSPS) is 18.0. The third kappa shape index (κ3) is 6.46. The Morgan fingerprint density at radius 1 is 1.35 bits per heavy atom. The van der Waals surface area contributed by atoms with Gasteiger partial charge in [0.1, 0.15) is 12.4 Å². The number of aliphatic imine (C=N–C) groups is 1. The van der Waals surface area contributed by atoms with Gasteiger partial charge in [0.2, 0.25) is 0 Å². The van der Waals surface area contributed by atoms with Gasteiger partial charge >= 0.3 is 0 Å². The molecule has 23 heavy (non-hydrogen) atoms. The van der Waals surface area contributed by atoms with Crippen LogP contribution < -0.4 is 15.4 Å². The maximum absolute atomic E-state index is 5.62. The van der Waals surface area contributed by atoms with Gasteiger partial charge in [0.05, 0.1) is 12.7 Å². The summed E-state index contributed by atoms with van der Waals surface area (Å²) in [6.45, 7) is 3.49. The first kappa shape index (κ1) is 17.6. The maximum Gasteiger partial charge on any atom is 0.191 e. The molecule has 0 amide bonds. The molecule has 1 unspecified atom stereocenters. The largest absolute Gasteiger partial charge is 0.491 e. The molecule has 1 fully saturated rings. The Bertz CT molecular complexity index is 488. The summed E-state index contributed by atoms with van der Waals surface area (Å²) >= 11 is 0. The van der Waals surface area contributed by atoms with Crippen LogP contribution in [0.15, 0.2) is 29.3 Å². The molecule has 1 aliphatic rings. The van der Waals surface area contributed by atoms with E-state index >= 15 is 0 Å². The van der Waals surface area contributed by atoms with Crippen LogP contribution in [-0.4, -0.2) is 52.6 Å². The first-order chi connectivity index (χ1) is 11.3. The van der Waals surface area contributed by atoms with Gasteiger partial charge in [-0.2, -0.15) is 0 Å². The predicted molar refractivity (Wildman–Crippen MR) is 91.0 cm³/mol. The van der Waals surface area contributed by atoms with E-state index in [4.69, 9.17) is 14.2 Å². The van der Waals surface area contributed by atoms with Gasteiger partial charge in [0.15, 0.2) is 5.96 Å². The average molecular weight is 321 g/mol. The van der Waals surface area contributed by atoms with E-state index in [2.05, 4.69) is 21.7 Å². The third-order valence-electron chi connectivity index (χ3n) is 3.66.